The number of morpholine rings is 1. The Morgan fingerprint density at radius 2 is 1.84 bits per heavy atom. The zero-order valence-corrected chi connectivity index (χ0v) is 11.1. The van der Waals surface area contributed by atoms with Crippen molar-refractivity contribution in [3.05, 3.63) is 35.4 Å². The van der Waals surface area contributed by atoms with Crippen molar-refractivity contribution in [3.63, 3.8) is 0 Å². The van der Waals surface area contributed by atoms with Crippen LogP contribution in [0.3, 0.4) is 0 Å². The van der Waals surface area contributed by atoms with Crippen molar-refractivity contribution in [3.8, 4) is 0 Å². The van der Waals surface area contributed by atoms with Gasteiger partial charge in [0.1, 0.15) is 0 Å². The summed E-state index contributed by atoms with van der Waals surface area (Å²) < 4.78 is 5.25. The summed E-state index contributed by atoms with van der Waals surface area (Å²) in [5, 5.41) is 0. The maximum absolute atomic E-state index is 12.1. The van der Waals surface area contributed by atoms with Gasteiger partial charge in [-0.3, -0.25) is 4.79 Å². The molecular weight excluding hydrogens is 240 g/mol. The molecule has 1 aromatic rings. The molecule has 19 heavy (non-hydrogen) atoms. The molecule has 4 nitrogen and oxygen atoms in total. The Balaban J connectivity index is 1.61. The molecule has 0 radical (unpaired) electrons. The van der Waals surface area contributed by atoms with Crippen LogP contribution in [-0.4, -0.2) is 37.1 Å². The Morgan fingerprint density at radius 1 is 1.21 bits per heavy atom. The number of nitrogens with two attached hydrogens (primary N) is 1. The van der Waals surface area contributed by atoms with Gasteiger partial charge in [-0.25, -0.2) is 0 Å². The second-order valence-electron chi connectivity index (χ2n) is 5.52. The largest absolute Gasteiger partial charge is 0.378 e. The Labute approximate surface area is 113 Å². The fraction of sp³-hybridized carbons (Fsp3) is 0.533. The molecule has 2 fully saturated rings. The summed E-state index contributed by atoms with van der Waals surface area (Å²) in [5.74, 6) is 0.185. The second-order valence-corrected chi connectivity index (χ2v) is 5.52. The van der Waals surface area contributed by atoms with E-state index < -0.39 is 0 Å². The van der Waals surface area contributed by atoms with Crippen molar-refractivity contribution >= 4 is 5.91 Å². The molecule has 1 aliphatic carbocycles. The van der Waals surface area contributed by atoms with E-state index in [0.717, 1.165) is 18.4 Å². The van der Waals surface area contributed by atoms with Crippen LogP contribution in [0.4, 0.5) is 0 Å². The van der Waals surface area contributed by atoms with Gasteiger partial charge in [0.2, 0.25) is 5.91 Å². The summed E-state index contributed by atoms with van der Waals surface area (Å²) in [6, 6.07) is 8.19. The summed E-state index contributed by atoms with van der Waals surface area (Å²) in [6.45, 7) is 2.73. The minimum atomic E-state index is -0.0905. The van der Waals surface area contributed by atoms with Crippen molar-refractivity contribution in [2.24, 2.45) is 5.73 Å². The number of hydrogen-bond acceptors (Lipinski definition) is 3. The van der Waals surface area contributed by atoms with Crippen LogP contribution < -0.4 is 5.73 Å². The Hall–Kier alpha value is -1.39. The molecule has 1 saturated carbocycles. The average Bonchev–Trinajstić information content (AvgIpc) is 3.20. The first-order chi connectivity index (χ1) is 9.17. The first kappa shape index (κ1) is 12.6. The molecule has 0 atom stereocenters. The van der Waals surface area contributed by atoms with Crippen LogP contribution in [0.25, 0.3) is 0 Å². The van der Waals surface area contributed by atoms with E-state index in [1.165, 1.54) is 5.56 Å². The van der Waals surface area contributed by atoms with Crippen molar-refractivity contribution in [1.29, 1.82) is 0 Å². The summed E-state index contributed by atoms with van der Waals surface area (Å²) >= 11 is 0. The Morgan fingerprint density at radius 3 is 2.42 bits per heavy atom. The lowest BCUT2D eigenvalue weighted by atomic mass is 10.0. The maximum Gasteiger partial charge on any atom is 0.227 e. The first-order valence-electron chi connectivity index (χ1n) is 6.91. The number of carbonyl (C=O) groups is 1. The SMILES string of the molecule is NC1(c2ccc(CC(=O)N3CCOCC3)cc2)CC1. The van der Waals surface area contributed by atoms with Gasteiger partial charge in [-0.05, 0) is 24.0 Å². The van der Waals surface area contributed by atoms with Gasteiger partial charge in [0, 0.05) is 18.6 Å². The molecule has 0 aromatic heterocycles. The quantitative estimate of drug-likeness (QED) is 0.883. The lowest BCUT2D eigenvalue weighted by Gasteiger charge is -2.26. The standard InChI is InChI=1S/C15H20N2O2/c16-15(5-6-15)13-3-1-12(2-4-13)11-14(18)17-7-9-19-10-8-17/h1-4H,5-11,16H2. The van der Waals surface area contributed by atoms with Crippen molar-refractivity contribution in [1.82, 2.24) is 4.90 Å². The number of ether oxygens (including phenoxy) is 1. The van der Waals surface area contributed by atoms with Crippen LogP contribution in [0, 0.1) is 0 Å². The molecule has 1 saturated heterocycles. The molecule has 0 bridgehead atoms. The van der Waals surface area contributed by atoms with Gasteiger partial charge >= 0.3 is 0 Å². The number of nitrogens with zero attached hydrogens (tertiary/aromatic N) is 1. The Bertz CT molecular complexity index is 460. The Kier molecular flexibility index (Phi) is 3.29. The van der Waals surface area contributed by atoms with Gasteiger partial charge < -0.3 is 15.4 Å². The third kappa shape index (κ3) is 2.80. The molecule has 0 spiro atoms. The van der Waals surface area contributed by atoms with Crippen LogP contribution in [0.2, 0.25) is 0 Å². The number of benzene rings is 1. The van der Waals surface area contributed by atoms with Gasteiger partial charge in [-0.2, -0.15) is 0 Å². The zero-order valence-electron chi connectivity index (χ0n) is 11.1. The molecule has 1 heterocycles. The van der Waals surface area contributed by atoms with Gasteiger partial charge in [0.25, 0.3) is 0 Å². The van der Waals surface area contributed by atoms with Crippen molar-refractivity contribution < 1.29 is 9.53 Å². The van der Waals surface area contributed by atoms with Crippen LogP contribution in [0.1, 0.15) is 24.0 Å². The molecule has 1 aliphatic heterocycles. The molecule has 1 aromatic carbocycles. The van der Waals surface area contributed by atoms with E-state index in [4.69, 9.17) is 10.5 Å². The van der Waals surface area contributed by atoms with Crippen LogP contribution in [-0.2, 0) is 21.5 Å². The molecule has 2 N–H and O–H groups in total. The summed E-state index contributed by atoms with van der Waals surface area (Å²) in [4.78, 5) is 14.0. The minimum Gasteiger partial charge on any atom is -0.378 e. The third-order valence-electron chi connectivity index (χ3n) is 4.04. The maximum atomic E-state index is 12.1. The van der Waals surface area contributed by atoms with Crippen molar-refractivity contribution in [2.45, 2.75) is 24.8 Å². The fourth-order valence-corrected chi connectivity index (χ4v) is 2.48. The van der Waals surface area contributed by atoms with E-state index in [1.807, 2.05) is 17.0 Å². The molecule has 4 heteroatoms. The molecule has 102 valence electrons. The third-order valence-corrected chi connectivity index (χ3v) is 4.04. The van der Waals surface area contributed by atoms with Crippen LogP contribution in [0.15, 0.2) is 24.3 Å². The topological polar surface area (TPSA) is 55.6 Å². The highest BCUT2D eigenvalue weighted by Gasteiger charge is 2.39. The highest BCUT2D eigenvalue weighted by Crippen LogP contribution is 2.42. The van der Waals surface area contributed by atoms with Crippen LogP contribution in [0.5, 0.6) is 0 Å². The summed E-state index contributed by atoms with van der Waals surface area (Å²) in [6.07, 6.45) is 2.61. The van der Waals surface area contributed by atoms with Gasteiger partial charge in [0.05, 0.1) is 19.6 Å². The molecular formula is C15H20N2O2. The van der Waals surface area contributed by atoms with E-state index in [1.54, 1.807) is 0 Å². The van der Waals surface area contributed by atoms with E-state index in [0.29, 0.717) is 32.7 Å². The summed E-state index contributed by atoms with van der Waals surface area (Å²) in [7, 11) is 0. The number of amides is 1. The zero-order chi connectivity index (χ0) is 13.3. The molecule has 3 rings (SSSR count). The summed E-state index contributed by atoms with van der Waals surface area (Å²) in [5.41, 5.74) is 8.31. The molecule has 2 aliphatic rings. The predicted molar refractivity (Wildman–Crippen MR) is 72.6 cm³/mol. The lowest BCUT2D eigenvalue weighted by Crippen LogP contribution is -2.41. The number of rotatable bonds is 3. The smallest absolute Gasteiger partial charge is 0.227 e. The van der Waals surface area contributed by atoms with Gasteiger partial charge in [0.15, 0.2) is 0 Å². The molecule has 1 amide bonds. The number of carbonyl (C=O) groups excluding carboxylic acids is 1. The minimum absolute atomic E-state index is 0.0905. The van der Waals surface area contributed by atoms with E-state index in [2.05, 4.69) is 12.1 Å². The van der Waals surface area contributed by atoms with Gasteiger partial charge in [-0.15, -0.1) is 0 Å². The van der Waals surface area contributed by atoms with E-state index in [-0.39, 0.29) is 11.4 Å². The molecule has 0 unspecified atom stereocenters. The van der Waals surface area contributed by atoms with E-state index >= 15 is 0 Å². The monoisotopic (exact) mass is 260 g/mol. The fourth-order valence-electron chi connectivity index (χ4n) is 2.48. The predicted octanol–water partition coefficient (Wildman–Crippen LogP) is 1.04. The normalized spacial score (nSPS) is 21.2. The first-order valence-corrected chi connectivity index (χ1v) is 6.91. The van der Waals surface area contributed by atoms with Crippen molar-refractivity contribution in [2.75, 3.05) is 26.3 Å². The number of hydrogen-bond donors (Lipinski definition) is 1. The lowest BCUT2D eigenvalue weighted by molar-refractivity contribution is -0.134. The van der Waals surface area contributed by atoms with Crippen LogP contribution >= 0.6 is 0 Å². The average molecular weight is 260 g/mol. The second kappa shape index (κ2) is 4.94. The highest BCUT2D eigenvalue weighted by atomic mass is 16.5. The van der Waals surface area contributed by atoms with Gasteiger partial charge in [-0.1, -0.05) is 24.3 Å². The van der Waals surface area contributed by atoms with E-state index in [9.17, 15) is 4.79 Å². The highest BCUT2D eigenvalue weighted by molar-refractivity contribution is 5.78.